The fraction of sp³-hybridized carbons (Fsp3) is 0.611. The molecule has 2 heterocycles. The molecule has 1 aliphatic carbocycles. The van der Waals surface area contributed by atoms with Gasteiger partial charge < -0.3 is 10.2 Å². The molecule has 0 aromatic heterocycles. The molecule has 0 unspecified atom stereocenters. The van der Waals surface area contributed by atoms with Crippen LogP contribution in [0.25, 0.3) is 0 Å². The van der Waals surface area contributed by atoms with Gasteiger partial charge in [0.1, 0.15) is 5.82 Å². The summed E-state index contributed by atoms with van der Waals surface area (Å²) in [4.78, 5) is 15.0. The standard InChI is InChI=1S/C18H23FN2O.ClH/c19-15-4-2-1-3-14(15)18(5-6-18)16(22)21-11-8-17(9-12-21)7-10-20-13-17;/h1-4,20H,5-13H2;1H. The molecule has 2 saturated heterocycles. The van der Waals surface area contributed by atoms with Crippen molar-refractivity contribution in [2.24, 2.45) is 5.41 Å². The van der Waals surface area contributed by atoms with Crippen LogP contribution in [0.3, 0.4) is 0 Å². The van der Waals surface area contributed by atoms with Crippen LogP contribution in [0, 0.1) is 11.2 Å². The predicted octanol–water partition coefficient (Wildman–Crippen LogP) is 2.88. The third-order valence-electron chi connectivity index (χ3n) is 5.99. The maximum Gasteiger partial charge on any atom is 0.233 e. The summed E-state index contributed by atoms with van der Waals surface area (Å²) >= 11 is 0. The van der Waals surface area contributed by atoms with Crippen LogP contribution >= 0.6 is 12.4 Å². The predicted molar refractivity (Wildman–Crippen MR) is 90.3 cm³/mol. The minimum Gasteiger partial charge on any atom is -0.342 e. The van der Waals surface area contributed by atoms with Gasteiger partial charge in [-0.25, -0.2) is 4.39 Å². The Balaban J connectivity index is 0.00000156. The van der Waals surface area contributed by atoms with Gasteiger partial charge in [0.15, 0.2) is 0 Å². The Bertz CT molecular complexity index is 586. The van der Waals surface area contributed by atoms with E-state index in [0.29, 0.717) is 11.0 Å². The molecule has 0 bridgehead atoms. The zero-order chi connectivity index (χ0) is 15.2. The van der Waals surface area contributed by atoms with Gasteiger partial charge in [0.25, 0.3) is 0 Å². The Labute approximate surface area is 143 Å². The number of benzene rings is 1. The molecule has 1 aromatic rings. The number of nitrogens with one attached hydrogen (secondary N) is 1. The average molecular weight is 339 g/mol. The first kappa shape index (κ1) is 16.7. The first-order chi connectivity index (χ1) is 10.7. The van der Waals surface area contributed by atoms with Crippen molar-refractivity contribution in [3.05, 3.63) is 35.6 Å². The Hall–Kier alpha value is -1.13. The van der Waals surface area contributed by atoms with E-state index in [-0.39, 0.29) is 24.1 Å². The quantitative estimate of drug-likeness (QED) is 0.899. The van der Waals surface area contributed by atoms with Crippen molar-refractivity contribution in [3.8, 4) is 0 Å². The maximum atomic E-state index is 14.1. The van der Waals surface area contributed by atoms with Gasteiger partial charge >= 0.3 is 0 Å². The molecule has 1 N–H and O–H groups in total. The van der Waals surface area contributed by atoms with Crippen LogP contribution in [0.5, 0.6) is 0 Å². The molecule has 3 fully saturated rings. The summed E-state index contributed by atoms with van der Waals surface area (Å²) in [6.07, 6.45) is 4.97. The zero-order valence-corrected chi connectivity index (χ0v) is 14.1. The second-order valence-corrected chi connectivity index (χ2v) is 7.28. The molecule has 1 aromatic carbocycles. The van der Waals surface area contributed by atoms with E-state index in [4.69, 9.17) is 0 Å². The minimum absolute atomic E-state index is 0. The second-order valence-electron chi connectivity index (χ2n) is 7.28. The van der Waals surface area contributed by atoms with Gasteiger partial charge in [0.05, 0.1) is 5.41 Å². The van der Waals surface area contributed by atoms with Crippen LogP contribution in [0.1, 0.15) is 37.7 Å². The van der Waals surface area contributed by atoms with Gasteiger partial charge in [-0.05, 0) is 50.1 Å². The molecule has 3 aliphatic rings. The van der Waals surface area contributed by atoms with E-state index in [9.17, 15) is 9.18 Å². The number of carbonyl (C=O) groups is 1. The number of halogens is 2. The molecule has 23 heavy (non-hydrogen) atoms. The third-order valence-corrected chi connectivity index (χ3v) is 5.99. The van der Waals surface area contributed by atoms with Crippen molar-refractivity contribution >= 4 is 18.3 Å². The summed E-state index contributed by atoms with van der Waals surface area (Å²) in [6, 6.07) is 6.78. The Morgan fingerprint density at radius 1 is 1.09 bits per heavy atom. The third kappa shape index (κ3) is 2.76. The Morgan fingerprint density at radius 2 is 1.78 bits per heavy atom. The van der Waals surface area contributed by atoms with Crippen LogP contribution in [0.2, 0.25) is 0 Å². The molecule has 4 rings (SSSR count). The van der Waals surface area contributed by atoms with E-state index in [1.807, 2.05) is 11.0 Å². The fourth-order valence-electron chi connectivity index (χ4n) is 4.28. The number of likely N-dealkylation sites (tertiary alicyclic amines) is 1. The summed E-state index contributed by atoms with van der Waals surface area (Å²) in [5, 5.41) is 3.45. The highest BCUT2D eigenvalue weighted by Crippen LogP contribution is 2.51. The SMILES string of the molecule is Cl.O=C(N1CCC2(CCNC2)CC1)C1(c2ccccc2F)CC1. The van der Waals surface area contributed by atoms with Crippen molar-refractivity contribution in [1.82, 2.24) is 10.2 Å². The van der Waals surface area contributed by atoms with Gasteiger partial charge in [0.2, 0.25) is 5.91 Å². The number of piperidine rings is 1. The molecular formula is C18H24ClFN2O. The van der Waals surface area contributed by atoms with Gasteiger partial charge in [-0.3, -0.25) is 4.79 Å². The highest BCUT2D eigenvalue weighted by atomic mass is 35.5. The number of carbonyl (C=O) groups excluding carboxylic acids is 1. The van der Waals surface area contributed by atoms with Crippen LogP contribution < -0.4 is 5.32 Å². The number of rotatable bonds is 2. The van der Waals surface area contributed by atoms with Crippen LogP contribution in [-0.4, -0.2) is 37.0 Å². The summed E-state index contributed by atoms with van der Waals surface area (Å²) in [6.45, 7) is 3.86. The van der Waals surface area contributed by atoms with Crippen LogP contribution in [0.4, 0.5) is 4.39 Å². The number of amides is 1. The van der Waals surface area contributed by atoms with E-state index < -0.39 is 5.41 Å². The van der Waals surface area contributed by atoms with E-state index >= 15 is 0 Å². The van der Waals surface area contributed by atoms with Crippen LogP contribution in [-0.2, 0) is 10.2 Å². The van der Waals surface area contributed by atoms with E-state index in [1.54, 1.807) is 12.1 Å². The maximum absolute atomic E-state index is 14.1. The van der Waals surface area contributed by atoms with Crippen molar-refractivity contribution < 1.29 is 9.18 Å². The fourth-order valence-corrected chi connectivity index (χ4v) is 4.28. The van der Waals surface area contributed by atoms with Crippen molar-refractivity contribution in [1.29, 1.82) is 0 Å². The average Bonchev–Trinajstić information content (AvgIpc) is 3.23. The normalized spacial score (nSPS) is 24.3. The molecule has 1 amide bonds. The second kappa shape index (κ2) is 6.06. The molecule has 2 aliphatic heterocycles. The van der Waals surface area contributed by atoms with Crippen molar-refractivity contribution in [2.75, 3.05) is 26.2 Å². The first-order valence-electron chi connectivity index (χ1n) is 8.40. The van der Waals surface area contributed by atoms with E-state index in [2.05, 4.69) is 5.32 Å². The van der Waals surface area contributed by atoms with Gasteiger partial charge in [-0.1, -0.05) is 18.2 Å². The topological polar surface area (TPSA) is 32.3 Å². The highest BCUT2D eigenvalue weighted by molar-refractivity contribution is 5.91. The number of nitrogens with zero attached hydrogens (tertiary/aromatic N) is 1. The Kier molecular flexibility index (Phi) is 4.41. The Morgan fingerprint density at radius 3 is 2.35 bits per heavy atom. The lowest BCUT2D eigenvalue weighted by atomic mass is 9.77. The molecule has 1 saturated carbocycles. The van der Waals surface area contributed by atoms with Gasteiger partial charge in [-0.2, -0.15) is 0 Å². The molecule has 1 spiro atoms. The van der Waals surface area contributed by atoms with Gasteiger partial charge in [-0.15, -0.1) is 12.4 Å². The largest absolute Gasteiger partial charge is 0.342 e. The molecule has 0 radical (unpaired) electrons. The first-order valence-corrected chi connectivity index (χ1v) is 8.40. The van der Waals surface area contributed by atoms with Crippen LogP contribution in [0.15, 0.2) is 24.3 Å². The summed E-state index contributed by atoms with van der Waals surface area (Å²) in [7, 11) is 0. The molecule has 5 heteroatoms. The van der Waals surface area contributed by atoms with E-state index in [0.717, 1.165) is 51.9 Å². The molecule has 0 atom stereocenters. The summed E-state index contributed by atoms with van der Waals surface area (Å²) < 4.78 is 14.1. The summed E-state index contributed by atoms with van der Waals surface area (Å²) in [5.74, 6) is -0.0831. The van der Waals surface area contributed by atoms with E-state index in [1.165, 1.54) is 12.5 Å². The van der Waals surface area contributed by atoms with Crippen molar-refractivity contribution in [3.63, 3.8) is 0 Å². The van der Waals surface area contributed by atoms with Crippen molar-refractivity contribution in [2.45, 2.75) is 37.5 Å². The molecular weight excluding hydrogens is 315 g/mol. The zero-order valence-electron chi connectivity index (χ0n) is 13.3. The lowest BCUT2D eigenvalue weighted by molar-refractivity contribution is -0.136. The highest BCUT2D eigenvalue weighted by Gasteiger charge is 2.55. The monoisotopic (exact) mass is 338 g/mol. The summed E-state index contributed by atoms with van der Waals surface area (Å²) in [5.41, 5.74) is 0.442. The lowest BCUT2D eigenvalue weighted by Gasteiger charge is -2.40. The lowest BCUT2D eigenvalue weighted by Crippen LogP contribution is -2.47. The number of hydrogen-bond acceptors (Lipinski definition) is 2. The van der Waals surface area contributed by atoms with Gasteiger partial charge in [0, 0.05) is 25.2 Å². The number of hydrogen-bond donors (Lipinski definition) is 1. The molecule has 3 nitrogen and oxygen atoms in total. The smallest absolute Gasteiger partial charge is 0.233 e. The molecule has 126 valence electrons. The minimum atomic E-state index is -0.566.